The number of rotatable bonds is 11. The Labute approximate surface area is 162 Å². The van der Waals surface area contributed by atoms with E-state index in [0.29, 0.717) is 6.61 Å². The summed E-state index contributed by atoms with van der Waals surface area (Å²) in [6.07, 6.45) is 8.04. The van der Waals surface area contributed by atoms with Crippen LogP contribution in [0.15, 0.2) is 54.6 Å². The van der Waals surface area contributed by atoms with Gasteiger partial charge in [0, 0.05) is 11.8 Å². The maximum absolute atomic E-state index is 12.1. The molecule has 2 rings (SSSR count). The van der Waals surface area contributed by atoms with Crippen molar-refractivity contribution in [2.45, 2.75) is 39.5 Å². The lowest BCUT2D eigenvalue weighted by Crippen LogP contribution is -2.07. The predicted octanol–water partition coefficient (Wildman–Crippen LogP) is 5.70. The molecule has 27 heavy (non-hydrogen) atoms. The molecule has 1 N–H and O–H groups in total. The van der Waals surface area contributed by atoms with Gasteiger partial charge in [-0.15, -0.1) is 0 Å². The van der Waals surface area contributed by atoms with Crippen LogP contribution in [0.1, 0.15) is 45.1 Å². The molecule has 0 bridgehead atoms. The Hall–Kier alpha value is -2.75. The average molecular weight is 367 g/mol. The molecule has 0 radical (unpaired) electrons. The number of hydrogen-bond donors (Lipinski definition) is 1. The van der Waals surface area contributed by atoms with E-state index in [-0.39, 0.29) is 5.91 Å². The number of nitrogens with one attached hydrogen (secondary N) is 1. The molecular formula is C23H29NO3. The molecule has 0 fully saturated rings. The quantitative estimate of drug-likeness (QED) is 0.409. The van der Waals surface area contributed by atoms with Gasteiger partial charge in [0.2, 0.25) is 5.91 Å². The van der Waals surface area contributed by atoms with Crippen molar-refractivity contribution >= 4 is 17.7 Å². The smallest absolute Gasteiger partial charge is 0.248 e. The second-order valence-corrected chi connectivity index (χ2v) is 6.26. The maximum atomic E-state index is 12.1. The minimum absolute atomic E-state index is 0.169. The molecule has 0 aromatic heterocycles. The largest absolute Gasteiger partial charge is 0.494 e. The fourth-order valence-electron chi connectivity index (χ4n) is 2.55. The summed E-state index contributed by atoms with van der Waals surface area (Å²) in [4.78, 5) is 12.1. The van der Waals surface area contributed by atoms with Crippen LogP contribution in [0.2, 0.25) is 0 Å². The van der Waals surface area contributed by atoms with E-state index in [1.165, 1.54) is 25.3 Å². The number of anilines is 1. The van der Waals surface area contributed by atoms with E-state index >= 15 is 0 Å². The van der Waals surface area contributed by atoms with Crippen LogP contribution in [0.5, 0.6) is 11.5 Å². The molecular weight excluding hydrogens is 338 g/mol. The van der Waals surface area contributed by atoms with Crippen molar-refractivity contribution < 1.29 is 14.3 Å². The summed E-state index contributed by atoms with van der Waals surface area (Å²) in [6.45, 7) is 5.52. The molecule has 0 spiro atoms. The van der Waals surface area contributed by atoms with Gasteiger partial charge in [-0.2, -0.15) is 0 Å². The summed E-state index contributed by atoms with van der Waals surface area (Å²) >= 11 is 0. The number of benzene rings is 2. The summed E-state index contributed by atoms with van der Waals surface area (Å²) in [5.74, 6) is 1.48. The van der Waals surface area contributed by atoms with E-state index in [4.69, 9.17) is 9.47 Å². The van der Waals surface area contributed by atoms with Gasteiger partial charge in [-0.3, -0.25) is 4.79 Å². The van der Waals surface area contributed by atoms with E-state index in [0.717, 1.165) is 35.8 Å². The van der Waals surface area contributed by atoms with E-state index in [9.17, 15) is 4.79 Å². The maximum Gasteiger partial charge on any atom is 0.248 e. The third-order valence-electron chi connectivity index (χ3n) is 4.01. The standard InChI is InChI=1S/C23H29NO3/c1-3-5-6-7-18-27-22-15-11-20(12-16-22)24-23(25)17-10-19-8-13-21(14-9-19)26-4-2/h8-17H,3-7,18H2,1-2H3,(H,24,25)/b17-10+. The van der Waals surface area contributed by atoms with Gasteiger partial charge in [0.05, 0.1) is 13.2 Å². The number of carbonyl (C=O) groups excluding carboxylic acids is 1. The molecule has 4 heteroatoms. The third kappa shape index (κ3) is 7.99. The monoisotopic (exact) mass is 367 g/mol. The molecule has 2 aromatic carbocycles. The summed E-state index contributed by atoms with van der Waals surface area (Å²) in [6, 6.07) is 15.1. The zero-order valence-electron chi connectivity index (χ0n) is 16.2. The Morgan fingerprint density at radius 3 is 2.22 bits per heavy atom. The molecule has 0 aliphatic rings. The molecule has 1 amide bonds. The van der Waals surface area contributed by atoms with E-state index in [1.54, 1.807) is 6.08 Å². The molecule has 144 valence electrons. The van der Waals surface area contributed by atoms with Crippen molar-refractivity contribution in [2.75, 3.05) is 18.5 Å². The normalized spacial score (nSPS) is 10.7. The van der Waals surface area contributed by atoms with E-state index < -0.39 is 0 Å². The van der Waals surface area contributed by atoms with Gasteiger partial charge in [0.25, 0.3) is 0 Å². The van der Waals surface area contributed by atoms with Crippen LogP contribution in [0.4, 0.5) is 5.69 Å². The Kier molecular flexibility index (Phi) is 8.98. The minimum atomic E-state index is -0.169. The molecule has 0 aliphatic carbocycles. The highest BCUT2D eigenvalue weighted by atomic mass is 16.5. The topological polar surface area (TPSA) is 47.6 Å². The Morgan fingerprint density at radius 1 is 0.889 bits per heavy atom. The fourth-order valence-corrected chi connectivity index (χ4v) is 2.55. The van der Waals surface area contributed by atoms with Crippen molar-refractivity contribution in [1.29, 1.82) is 0 Å². The van der Waals surface area contributed by atoms with Crippen LogP contribution >= 0.6 is 0 Å². The van der Waals surface area contributed by atoms with Crippen molar-refractivity contribution in [2.24, 2.45) is 0 Å². The van der Waals surface area contributed by atoms with Crippen molar-refractivity contribution in [3.05, 3.63) is 60.2 Å². The average Bonchev–Trinajstić information content (AvgIpc) is 2.69. The van der Waals surface area contributed by atoms with Gasteiger partial charge in [-0.1, -0.05) is 38.3 Å². The molecule has 2 aromatic rings. The Bertz CT molecular complexity index is 705. The summed E-state index contributed by atoms with van der Waals surface area (Å²) in [5, 5.41) is 2.85. The first-order valence-corrected chi connectivity index (χ1v) is 9.66. The van der Waals surface area contributed by atoms with Crippen molar-refractivity contribution in [3.63, 3.8) is 0 Å². The van der Waals surface area contributed by atoms with Crippen LogP contribution < -0.4 is 14.8 Å². The van der Waals surface area contributed by atoms with Gasteiger partial charge < -0.3 is 14.8 Å². The summed E-state index contributed by atoms with van der Waals surface area (Å²) < 4.78 is 11.1. The second kappa shape index (κ2) is 11.8. The summed E-state index contributed by atoms with van der Waals surface area (Å²) in [7, 11) is 0. The zero-order valence-corrected chi connectivity index (χ0v) is 16.2. The number of amides is 1. The van der Waals surface area contributed by atoms with Gasteiger partial charge in [0.15, 0.2) is 0 Å². The molecule has 0 unspecified atom stereocenters. The van der Waals surface area contributed by atoms with Gasteiger partial charge >= 0.3 is 0 Å². The number of unbranched alkanes of at least 4 members (excludes halogenated alkanes) is 3. The van der Waals surface area contributed by atoms with Gasteiger partial charge in [-0.25, -0.2) is 0 Å². The van der Waals surface area contributed by atoms with Crippen molar-refractivity contribution in [1.82, 2.24) is 0 Å². The molecule has 0 saturated carbocycles. The van der Waals surface area contributed by atoms with E-state index in [1.807, 2.05) is 55.5 Å². The zero-order chi connectivity index (χ0) is 19.3. The predicted molar refractivity (Wildman–Crippen MR) is 111 cm³/mol. The van der Waals surface area contributed by atoms with Crippen LogP contribution in [-0.2, 0) is 4.79 Å². The Morgan fingerprint density at radius 2 is 1.56 bits per heavy atom. The van der Waals surface area contributed by atoms with Crippen molar-refractivity contribution in [3.8, 4) is 11.5 Å². The number of hydrogen-bond acceptors (Lipinski definition) is 3. The fraction of sp³-hybridized carbons (Fsp3) is 0.348. The van der Waals surface area contributed by atoms with Crippen LogP contribution in [0.3, 0.4) is 0 Å². The van der Waals surface area contributed by atoms with E-state index in [2.05, 4.69) is 12.2 Å². The highest BCUT2D eigenvalue weighted by molar-refractivity contribution is 6.01. The first-order chi connectivity index (χ1) is 13.2. The van der Waals surface area contributed by atoms with Gasteiger partial charge in [0.1, 0.15) is 11.5 Å². The first-order valence-electron chi connectivity index (χ1n) is 9.66. The lowest BCUT2D eigenvalue weighted by molar-refractivity contribution is -0.111. The van der Waals surface area contributed by atoms with Gasteiger partial charge in [-0.05, 0) is 61.4 Å². The lowest BCUT2D eigenvalue weighted by Gasteiger charge is -2.07. The number of carbonyl (C=O) groups is 1. The van der Waals surface area contributed by atoms with Crippen LogP contribution in [-0.4, -0.2) is 19.1 Å². The second-order valence-electron chi connectivity index (χ2n) is 6.26. The molecule has 4 nitrogen and oxygen atoms in total. The third-order valence-corrected chi connectivity index (χ3v) is 4.01. The summed E-state index contributed by atoms with van der Waals surface area (Å²) in [5.41, 5.74) is 1.69. The highest BCUT2D eigenvalue weighted by Gasteiger charge is 2.00. The highest BCUT2D eigenvalue weighted by Crippen LogP contribution is 2.17. The molecule has 0 heterocycles. The van der Waals surface area contributed by atoms with Crippen LogP contribution in [0, 0.1) is 0 Å². The minimum Gasteiger partial charge on any atom is -0.494 e. The van der Waals surface area contributed by atoms with Crippen LogP contribution in [0.25, 0.3) is 6.08 Å². The first kappa shape index (κ1) is 20.6. The SMILES string of the molecule is CCCCCCOc1ccc(NC(=O)/C=C/c2ccc(OCC)cc2)cc1. The lowest BCUT2D eigenvalue weighted by atomic mass is 10.2. The molecule has 0 aliphatic heterocycles. The Balaban J connectivity index is 1.77. The molecule has 0 saturated heterocycles. The number of ether oxygens (including phenoxy) is 2. The molecule has 0 atom stereocenters.